The van der Waals surface area contributed by atoms with Crippen molar-refractivity contribution in [2.75, 3.05) is 0 Å². The summed E-state index contributed by atoms with van der Waals surface area (Å²) >= 11 is 0. The normalized spacial score (nSPS) is 14.6. The van der Waals surface area contributed by atoms with Crippen LogP contribution in [-0.2, 0) is 4.79 Å². The van der Waals surface area contributed by atoms with E-state index in [0.29, 0.717) is 11.1 Å². The fourth-order valence-electron chi connectivity index (χ4n) is 2.37. The van der Waals surface area contributed by atoms with Gasteiger partial charge >= 0.3 is 5.97 Å². The molecule has 138 valence electrons. The molecule has 3 rings (SSSR count). The molecule has 0 bridgehead atoms. The van der Waals surface area contributed by atoms with Gasteiger partial charge in [-0.2, -0.15) is 0 Å². The number of nitrogens with zero attached hydrogens (tertiary/aromatic N) is 1. The van der Waals surface area contributed by atoms with Crippen LogP contribution in [0.3, 0.4) is 0 Å². The Bertz CT molecular complexity index is 984. The first kappa shape index (κ1) is 18.3. The van der Waals surface area contributed by atoms with Crippen molar-refractivity contribution < 1.29 is 24.0 Å². The highest BCUT2D eigenvalue weighted by atomic mass is 16.6. The number of ketones is 1. The Labute approximate surface area is 155 Å². The zero-order chi connectivity index (χ0) is 19.8. The van der Waals surface area contributed by atoms with Crippen LogP contribution in [0, 0.1) is 15.5 Å². The maximum atomic E-state index is 12.5. The van der Waals surface area contributed by atoms with Gasteiger partial charge in [-0.25, -0.2) is 0 Å². The monoisotopic (exact) mass is 367 g/mol. The van der Waals surface area contributed by atoms with Crippen molar-refractivity contribution >= 4 is 23.5 Å². The van der Waals surface area contributed by atoms with E-state index in [0.717, 1.165) is 0 Å². The van der Waals surface area contributed by atoms with Gasteiger partial charge < -0.3 is 9.47 Å². The molecule has 0 saturated heterocycles. The van der Waals surface area contributed by atoms with Crippen molar-refractivity contribution in [1.82, 2.24) is 0 Å². The predicted molar refractivity (Wildman–Crippen MR) is 97.6 cm³/mol. The molecule has 0 unspecified atom stereocenters. The van der Waals surface area contributed by atoms with Gasteiger partial charge in [0.2, 0.25) is 5.78 Å². The topological polar surface area (TPSA) is 95.7 Å². The number of carbonyl (C=O) groups excluding carboxylic acids is 2. The van der Waals surface area contributed by atoms with E-state index in [1.54, 1.807) is 26.8 Å². The fourth-order valence-corrected chi connectivity index (χ4v) is 2.37. The van der Waals surface area contributed by atoms with Gasteiger partial charge in [0.25, 0.3) is 5.69 Å². The second kappa shape index (κ2) is 6.68. The highest BCUT2D eigenvalue weighted by Crippen LogP contribution is 2.35. The molecule has 1 aliphatic rings. The second-order valence-electron chi connectivity index (χ2n) is 7.09. The Kier molecular flexibility index (Phi) is 4.53. The number of benzene rings is 2. The highest BCUT2D eigenvalue weighted by Gasteiger charge is 2.29. The lowest BCUT2D eigenvalue weighted by atomic mass is 9.97. The molecule has 0 amide bonds. The van der Waals surface area contributed by atoms with Gasteiger partial charge in [0.15, 0.2) is 5.76 Å². The molecule has 0 N–H and O–H groups in total. The van der Waals surface area contributed by atoms with Crippen molar-refractivity contribution in [3.8, 4) is 11.5 Å². The molecule has 27 heavy (non-hydrogen) atoms. The molecule has 0 spiro atoms. The minimum atomic E-state index is -0.664. The Morgan fingerprint density at radius 3 is 2.59 bits per heavy atom. The predicted octanol–water partition coefficient (Wildman–Crippen LogP) is 4.16. The molecule has 1 aliphatic heterocycles. The Hall–Kier alpha value is -3.48. The van der Waals surface area contributed by atoms with E-state index in [-0.39, 0.29) is 28.7 Å². The van der Waals surface area contributed by atoms with Gasteiger partial charge in [-0.3, -0.25) is 19.7 Å². The molecule has 2 aromatic carbocycles. The molecule has 1 heterocycles. The third-order valence-corrected chi connectivity index (χ3v) is 3.84. The first-order valence-electron chi connectivity index (χ1n) is 8.20. The zero-order valence-corrected chi connectivity index (χ0v) is 15.0. The summed E-state index contributed by atoms with van der Waals surface area (Å²) in [4.78, 5) is 34.8. The van der Waals surface area contributed by atoms with Gasteiger partial charge in [0.1, 0.15) is 11.5 Å². The molecule has 0 saturated carbocycles. The van der Waals surface area contributed by atoms with Crippen LogP contribution >= 0.6 is 0 Å². The van der Waals surface area contributed by atoms with Gasteiger partial charge in [0, 0.05) is 18.2 Å². The first-order valence-corrected chi connectivity index (χ1v) is 8.20. The van der Waals surface area contributed by atoms with Crippen LogP contribution in [0.1, 0.15) is 36.7 Å². The Balaban J connectivity index is 1.86. The van der Waals surface area contributed by atoms with Crippen LogP contribution in [0.5, 0.6) is 11.5 Å². The molecule has 0 aliphatic carbocycles. The minimum absolute atomic E-state index is 0.0461. The third kappa shape index (κ3) is 3.87. The van der Waals surface area contributed by atoms with Crippen molar-refractivity contribution in [2.45, 2.75) is 20.8 Å². The van der Waals surface area contributed by atoms with Crippen molar-refractivity contribution in [2.24, 2.45) is 5.41 Å². The molecule has 7 heteroatoms. The lowest BCUT2D eigenvalue weighted by Gasteiger charge is -2.16. The largest absolute Gasteiger partial charge is 0.452 e. The summed E-state index contributed by atoms with van der Waals surface area (Å²) in [6.45, 7) is 5.22. The van der Waals surface area contributed by atoms with Crippen LogP contribution in [0.2, 0.25) is 0 Å². The van der Waals surface area contributed by atoms with E-state index in [4.69, 9.17) is 9.47 Å². The maximum absolute atomic E-state index is 12.5. The first-order chi connectivity index (χ1) is 12.6. The SMILES string of the molecule is CC(C)(C)C(=O)Oc1ccc2c(c1)O/C(=C\c1cccc([N+](=O)[O-])c1)C2=O. The van der Waals surface area contributed by atoms with Crippen LogP contribution in [-0.4, -0.2) is 16.7 Å². The number of nitro groups is 1. The van der Waals surface area contributed by atoms with Gasteiger partial charge in [0.05, 0.1) is 15.9 Å². The molecule has 0 fully saturated rings. The summed E-state index contributed by atoms with van der Waals surface area (Å²) in [7, 11) is 0. The van der Waals surface area contributed by atoms with E-state index in [1.807, 2.05) is 0 Å². The number of ether oxygens (including phenoxy) is 2. The number of nitro benzene ring substituents is 1. The molecule has 2 aromatic rings. The van der Waals surface area contributed by atoms with Crippen LogP contribution < -0.4 is 9.47 Å². The number of hydrogen-bond acceptors (Lipinski definition) is 6. The number of rotatable bonds is 3. The number of Topliss-reactive ketones (excluding diaryl/α,β-unsaturated/α-hetero) is 1. The molecular formula is C20H17NO6. The molecule has 0 radical (unpaired) electrons. The Morgan fingerprint density at radius 2 is 1.93 bits per heavy atom. The molecule has 0 atom stereocenters. The van der Waals surface area contributed by atoms with Gasteiger partial charge in [-0.1, -0.05) is 12.1 Å². The van der Waals surface area contributed by atoms with E-state index < -0.39 is 16.3 Å². The van der Waals surface area contributed by atoms with Crippen molar-refractivity contribution in [3.63, 3.8) is 0 Å². The van der Waals surface area contributed by atoms with Crippen molar-refractivity contribution in [1.29, 1.82) is 0 Å². The summed E-state index contributed by atoms with van der Waals surface area (Å²) < 4.78 is 10.9. The van der Waals surface area contributed by atoms with E-state index >= 15 is 0 Å². The summed E-state index contributed by atoms with van der Waals surface area (Å²) in [5.41, 5.74) is 0.0636. The number of esters is 1. The highest BCUT2D eigenvalue weighted by molar-refractivity contribution is 6.14. The maximum Gasteiger partial charge on any atom is 0.316 e. The third-order valence-electron chi connectivity index (χ3n) is 3.84. The molecule has 7 nitrogen and oxygen atoms in total. The molecular weight excluding hydrogens is 350 g/mol. The summed E-state index contributed by atoms with van der Waals surface area (Å²) in [6, 6.07) is 10.4. The number of fused-ring (bicyclic) bond motifs is 1. The van der Waals surface area contributed by atoms with Crippen LogP contribution in [0.4, 0.5) is 5.69 Å². The average molecular weight is 367 g/mol. The van der Waals surface area contributed by atoms with Gasteiger partial charge in [-0.05, 0) is 44.5 Å². The smallest absolute Gasteiger partial charge is 0.316 e. The minimum Gasteiger partial charge on any atom is -0.452 e. The Morgan fingerprint density at radius 1 is 1.19 bits per heavy atom. The quantitative estimate of drug-likeness (QED) is 0.266. The summed E-state index contributed by atoms with van der Waals surface area (Å²) in [5.74, 6) is -0.150. The zero-order valence-electron chi connectivity index (χ0n) is 15.0. The number of non-ortho nitro benzene ring substituents is 1. The van der Waals surface area contributed by atoms with Gasteiger partial charge in [-0.15, -0.1) is 0 Å². The van der Waals surface area contributed by atoms with E-state index in [1.165, 1.54) is 42.5 Å². The van der Waals surface area contributed by atoms with Crippen LogP contribution in [0.15, 0.2) is 48.2 Å². The summed E-state index contributed by atoms with van der Waals surface area (Å²) in [5, 5.41) is 10.9. The number of hydrogen-bond donors (Lipinski definition) is 0. The average Bonchev–Trinajstić information content (AvgIpc) is 2.89. The van der Waals surface area contributed by atoms with Crippen molar-refractivity contribution in [3.05, 3.63) is 69.5 Å². The lowest BCUT2D eigenvalue weighted by Crippen LogP contribution is -2.25. The fraction of sp³-hybridized carbons (Fsp3) is 0.200. The molecule has 0 aromatic heterocycles. The summed E-state index contributed by atoms with van der Waals surface area (Å²) in [6.07, 6.45) is 1.44. The van der Waals surface area contributed by atoms with E-state index in [9.17, 15) is 19.7 Å². The standard InChI is InChI=1S/C20H17NO6/c1-20(2,3)19(23)26-14-7-8-15-16(11-14)27-17(18(15)22)10-12-5-4-6-13(9-12)21(24)25/h4-11H,1-3H3/b17-10-. The van der Waals surface area contributed by atoms with Crippen LogP contribution in [0.25, 0.3) is 6.08 Å². The number of carbonyl (C=O) groups is 2. The van der Waals surface area contributed by atoms with E-state index in [2.05, 4.69) is 0 Å². The number of allylic oxidation sites excluding steroid dienone is 1. The second-order valence-corrected chi connectivity index (χ2v) is 7.09. The lowest BCUT2D eigenvalue weighted by molar-refractivity contribution is -0.384.